The fraction of sp³-hybridized carbons (Fsp3) is 0.333. The third-order valence-corrected chi connectivity index (χ3v) is 27.8. The Morgan fingerprint density at radius 1 is 0.390 bits per heavy atom. The van der Waals surface area contributed by atoms with E-state index in [4.69, 9.17) is 0 Å². The van der Waals surface area contributed by atoms with E-state index in [0.717, 1.165) is 0 Å². The van der Waals surface area contributed by atoms with Gasteiger partial charge in [0.05, 0.1) is 35.7 Å². The number of rotatable bonds is 4. The summed E-state index contributed by atoms with van der Waals surface area (Å²) in [6.07, 6.45) is 0. The molecule has 0 nitrogen and oxygen atoms in total. The van der Waals surface area contributed by atoms with E-state index in [-0.39, 0.29) is 10.1 Å². The van der Waals surface area contributed by atoms with Gasteiger partial charge in [-0.2, -0.15) is 0 Å². The molecule has 0 aliphatic rings. The maximum absolute atomic E-state index is 2.56. The minimum absolute atomic E-state index is 0.288. The lowest BCUT2D eigenvalue weighted by Crippen LogP contribution is -2.48. The zero-order valence-corrected chi connectivity index (χ0v) is 30.6. The van der Waals surface area contributed by atoms with E-state index in [9.17, 15) is 0 Å². The molecule has 3 aromatic heterocycles. The molecule has 0 atom stereocenters. The first-order valence-corrected chi connectivity index (χ1v) is 23.2. The van der Waals surface area contributed by atoms with Gasteiger partial charge in [-0.15, -0.1) is 34.0 Å². The van der Waals surface area contributed by atoms with Crippen molar-refractivity contribution in [3.05, 3.63) is 72.8 Å². The van der Waals surface area contributed by atoms with Crippen LogP contribution in [0.2, 0.25) is 36.3 Å². The van der Waals surface area contributed by atoms with E-state index in [1.165, 1.54) is 51.8 Å². The van der Waals surface area contributed by atoms with Crippen LogP contribution in [0, 0.1) is 0 Å². The number of hydrogen-bond acceptors (Lipinski definition) is 3. The van der Waals surface area contributed by atoms with E-state index >= 15 is 0 Å². The molecule has 0 fully saturated rings. The smallest absolute Gasteiger partial charge is 0.0995 e. The van der Waals surface area contributed by atoms with Gasteiger partial charge in [0, 0.05) is 21.5 Å². The van der Waals surface area contributed by atoms with Crippen LogP contribution >= 0.6 is 34.0 Å². The molecule has 3 aromatic carbocycles. The summed E-state index contributed by atoms with van der Waals surface area (Å²) >= 11 is 6.19. The first-order chi connectivity index (χ1) is 19.1. The zero-order valence-electron chi connectivity index (χ0n) is 26.2. The first-order valence-electron chi connectivity index (χ1n) is 14.7. The van der Waals surface area contributed by atoms with Crippen molar-refractivity contribution < 1.29 is 0 Å². The van der Waals surface area contributed by atoms with Gasteiger partial charge in [0.15, 0.2) is 0 Å². The highest BCUT2D eigenvalue weighted by Crippen LogP contribution is 2.52. The van der Waals surface area contributed by atoms with Crippen LogP contribution in [0.5, 0.6) is 0 Å². The monoisotopic (exact) mass is 626 g/mol. The van der Waals surface area contributed by atoms with Crippen LogP contribution in [0.15, 0.2) is 72.8 Å². The van der Waals surface area contributed by atoms with E-state index in [1.807, 2.05) is 11.3 Å². The fourth-order valence-electron chi connectivity index (χ4n) is 5.56. The van der Waals surface area contributed by atoms with Crippen LogP contribution in [-0.2, 0) is 0 Å². The molecule has 6 rings (SSSR count). The predicted molar refractivity (Wildman–Crippen MR) is 197 cm³/mol. The molecule has 0 aliphatic heterocycles. The summed E-state index contributed by atoms with van der Waals surface area (Å²) in [6.45, 7) is 24.9. The maximum atomic E-state index is 2.56. The second-order valence-corrected chi connectivity index (χ2v) is 29.0. The minimum Gasteiger partial charge on any atom is -0.143 e. The topological polar surface area (TPSA) is 0 Å². The Morgan fingerprint density at radius 2 is 0.634 bits per heavy atom. The quantitative estimate of drug-likeness (QED) is 0.171. The van der Waals surface area contributed by atoms with Crippen LogP contribution in [0.3, 0.4) is 0 Å². The van der Waals surface area contributed by atoms with Crippen LogP contribution in [0.25, 0.3) is 51.8 Å². The predicted octanol–water partition coefficient (Wildman–Crippen LogP) is 12.1. The average Bonchev–Trinajstić information content (AvgIpc) is 3.59. The number of thiophene rings is 3. The van der Waals surface area contributed by atoms with Crippen molar-refractivity contribution in [2.45, 2.75) is 77.8 Å². The van der Waals surface area contributed by atoms with E-state index < -0.39 is 16.1 Å². The largest absolute Gasteiger partial charge is 0.143 e. The SMILES string of the molecule is CC(C)(C)[Si](C)(C)c1sc(-c2sc(-c3sc([Si](C)(C)C(C)(C)C)c4ccccc34)c3ccccc23)c2ccccc12. The molecule has 5 heteroatoms. The molecule has 0 radical (unpaired) electrons. The molecule has 0 aliphatic carbocycles. The van der Waals surface area contributed by atoms with Gasteiger partial charge in [-0.1, -0.05) is 141 Å². The van der Waals surface area contributed by atoms with Gasteiger partial charge in [-0.25, -0.2) is 0 Å². The van der Waals surface area contributed by atoms with Crippen molar-refractivity contribution in [1.82, 2.24) is 0 Å². The minimum atomic E-state index is -1.72. The van der Waals surface area contributed by atoms with Crippen molar-refractivity contribution in [2.24, 2.45) is 0 Å². The molecular weight excluding hydrogens is 585 g/mol. The van der Waals surface area contributed by atoms with Crippen molar-refractivity contribution in [3.63, 3.8) is 0 Å². The Labute approximate surface area is 260 Å². The standard InChI is InChI=1S/C36H42S3Si2/c1-35(2,3)40(7,8)33-27-21-15-13-19-25(27)31(38-33)29-23-17-11-12-18-24(23)30(37-29)32-26-20-14-16-22-28(26)34(39-32)41(9,10)36(4,5)6/h11-22H,1-10H3. The van der Waals surface area contributed by atoms with Gasteiger partial charge in [0.2, 0.25) is 0 Å². The molecule has 6 aromatic rings. The summed E-state index contributed by atoms with van der Waals surface area (Å²) in [5, 5.41) is 9.16. The third-order valence-electron chi connectivity index (χ3n) is 10.2. The Hall–Kier alpha value is -2.03. The van der Waals surface area contributed by atoms with Crippen molar-refractivity contribution in [1.29, 1.82) is 0 Å². The van der Waals surface area contributed by atoms with Gasteiger partial charge in [-0.05, 0) is 29.8 Å². The molecule has 212 valence electrons. The van der Waals surface area contributed by atoms with E-state index in [2.05, 4.69) is 163 Å². The molecule has 41 heavy (non-hydrogen) atoms. The molecule has 0 bridgehead atoms. The summed E-state index contributed by atoms with van der Waals surface area (Å²) in [6, 6.07) is 27.5. The van der Waals surface area contributed by atoms with Crippen molar-refractivity contribution in [3.8, 4) is 19.5 Å². The lowest BCUT2D eigenvalue weighted by molar-refractivity contribution is 0.730. The number of hydrogen-bond donors (Lipinski definition) is 0. The molecule has 0 amide bonds. The lowest BCUT2D eigenvalue weighted by atomic mass is 10.1. The van der Waals surface area contributed by atoms with Crippen LogP contribution in [0.4, 0.5) is 0 Å². The normalized spacial score (nSPS) is 13.6. The highest BCUT2D eigenvalue weighted by molar-refractivity contribution is 7.36. The van der Waals surface area contributed by atoms with Crippen LogP contribution in [0.1, 0.15) is 41.5 Å². The summed E-state index contributed by atoms with van der Waals surface area (Å²) < 4.78 is 3.27. The van der Waals surface area contributed by atoms with Gasteiger partial charge in [0.1, 0.15) is 0 Å². The number of fused-ring (bicyclic) bond motifs is 3. The zero-order chi connectivity index (χ0) is 29.5. The second-order valence-electron chi connectivity index (χ2n) is 14.7. The van der Waals surface area contributed by atoms with Crippen molar-refractivity contribution in [2.75, 3.05) is 0 Å². The third kappa shape index (κ3) is 4.46. The Morgan fingerprint density at radius 3 is 0.927 bits per heavy atom. The molecule has 0 spiro atoms. The van der Waals surface area contributed by atoms with E-state index in [1.54, 1.807) is 9.00 Å². The Balaban J connectivity index is 1.65. The molecule has 0 saturated heterocycles. The van der Waals surface area contributed by atoms with Crippen LogP contribution in [-0.4, -0.2) is 16.1 Å². The van der Waals surface area contributed by atoms with Gasteiger partial charge < -0.3 is 0 Å². The fourth-order valence-corrected chi connectivity index (χ4v) is 16.8. The summed E-state index contributed by atoms with van der Waals surface area (Å²) in [4.78, 5) is 5.79. The van der Waals surface area contributed by atoms with Gasteiger partial charge >= 0.3 is 0 Å². The molecular formula is C36H42S3Si2. The Kier molecular flexibility index (Phi) is 6.91. The average molecular weight is 627 g/mol. The molecule has 0 saturated carbocycles. The van der Waals surface area contributed by atoms with Gasteiger partial charge in [0.25, 0.3) is 0 Å². The lowest BCUT2D eigenvalue weighted by Gasteiger charge is -2.36. The number of benzene rings is 3. The van der Waals surface area contributed by atoms with Crippen molar-refractivity contribution >= 4 is 91.5 Å². The van der Waals surface area contributed by atoms with Gasteiger partial charge in [-0.3, -0.25) is 0 Å². The van der Waals surface area contributed by atoms with Crippen LogP contribution < -0.4 is 9.00 Å². The second kappa shape index (κ2) is 9.75. The molecule has 0 N–H and O–H groups in total. The maximum Gasteiger partial charge on any atom is 0.0995 e. The summed E-state index contributed by atoms with van der Waals surface area (Å²) in [5.74, 6) is 0. The highest BCUT2D eigenvalue weighted by Gasteiger charge is 2.41. The summed E-state index contributed by atoms with van der Waals surface area (Å²) in [5.41, 5.74) is 0. The van der Waals surface area contributed by atoms with E-state index in [0.29, 0.717) is 0 Å². The highest BCUT2D eigenvalue weighted by atomic mass is 32.1. The summed E-state index contributed by atoms with van der Waals surface area (Å²) in [7, 11) is -3.45. The Bertz CT molecular complexity index is 1780. The first kappa shape index (κ1) is 29.1. The molecule has 3 heterocycles. The molecule has 0 unspecified atom stereocenters.